The number of hydrogen-bond donors (Lipinski definition) is 2. The van der Waals surface area contributed by atoms with Crippen LogP contribution in [0.15, 0.2) is 40.9 Å². The predicted molar refractivity (Wildman–Crippen MR) is 109 cm³/mol. The number of amides is 1. The van der Waals surface area contributed by atoms with Gasteiger partial charge in [0.1, 0.15) is 11.7 Å². The molecule has 5 rings (SSSR count). The number of benzene rings is 1. The Labute approximate surface area is 173 Å². The van der Waals surface area contributed by atoms with Crippen molar-refractivity contribution in [1.82, 2.24) is 10.3 Å². The molecule has 2 heterocycles. The summed E-state index contributed by atoms with van der Waals surface area (Å²) < 4.78 is 11.4. The minimum atomic E-state index is -0.635. The van der Waals surface area contributed by atoms with Gasteiger partial charge in [0.2, 0.25) is 5.88 Å². The topological polar surface area (TPSA) is 108 Å². The second kappa shape index (κ2) is 6.57. The zero-order valence-corrected chi connectivity index (χ0v) is 16.6. The van der Waals surface area contributed by atoms with Gasteiger partial charge in [0.15, 0.2) is 5.76 Å². The van der Waals surface area contributed by atoms with Crippen LogP contribution in [0.25, 0.3) is 22.1 Å². The van der Waals surface area contributed by atoms with Crippen molar-refractivity contribution < 1.29 is 19.1 Å². The molecule has 0 aliphatic heterocycles. The Bertz CT molecular complexity index is 1200. The number of aromatic nitrogens is 1. The molecule has 0 radical (unpaired) electrons. The van der Waals surface area contributed by atoms with E-state index in [-0.39, 0.29) is 17.2 Å². The maximum absolute atomic E-state index is 13.0. The summed E-state index contributed by atoms with van der Waals surface area (Å²) in [4.78, 5) is 17.2. The van der Waals surface area contributed by atoms with Crippen molar-refractivity contribution in [2.24, 2.45) is 0 Å². The first-order valence-corrected chi connectivity index (χ1v) is 9.96. The molecule has 0 spiro atoms. The molecule has 2 fully saturated rings. The van der Waals surface area contributed by atoms with Crippen molar-refractivity contribution in [1.29, 1.82) is 5.26 Å². The quantitative estimate of drug-likeness (QED) is 0.690. The summed E-state index contributed by atoms with van der Waals surface area (Å²) in [5.41, 5.74) is 1.28. The number of methoxy groups -OCH3 is 1. The third kappa shape index (κ3) is 2.92. The number of aliphatic hydroxyl groups is 1. The van der Waals surface area contributed by atoms with Gasteiger partial charge in [-0.15, -0.1) is 0 Å². The molecule has 1 aromatic carbocycles. The summed E-state index contributed by atoms with van der Waals surface area (Å²) >= 11 is 0. The number of fused-ring (bicyclic) bond motifs is 3. The number of carbonyl (C=O) groups is 1. The van der Waals surface area contributed by atoms with E-state index in [9.17, 15) is 15.2 Å². The van der Waals surface area contributed by atoms with Crippen molar-refractivity contribution in [3.8, 4) is 23.1 Å². The number of para-hydroxylation sites is 1. The third-order valence-corrected chi connectivity index (χ3v) is 6.42. The zero-order valence-electron chi connectivity index (χ0n) is 16.6. The van der Waals surface area contributed by atoms with E-state index in [1.54, 1.807) is 12.1 Å². The lowest BCUT2D eigenvalue weighted by Crippen LogP contribution is -2.44. The van der Waals surface area contributed by atoms with Crippen molar-refractivity contribution in [3.05, 3.63) is 47.9 Å². The SMILES string of the molecule is COc1ncc(C#N)cc1-c1cccc2cc(C(=O)NC34CCC(O)(CC3)C4)oc12. The highest BCUT2D eigenvalue weighted by Crippen LogP contribution is 2.50. The van der Waals surface area contributed by atoms with Gasteiger partial charge in [-0.2, -0.15) is 5.26 Å². The fourth-order valence-corrected chi connectivity index (χ4v) is 4.91. The average molecular weight is 403 g/mol. The molecule has 0 atom stereocenters. The van der Waals surface area contributed by atoms with E-state index in [4.69, 9.17) is 9.15 Å². The van der Waals surface area contributed by atoms with E-state index < -0.39 is 5.60 Å². The Kier molecular flexibility index (Phi) is 4.09. The van der Waals surface area contributed by atoms with Crippen molar-refractivity contribution in [2.45, 2.75) is 43.2 Å². The van der Waals surface area contributed by atoms with E-state index in [1.807, 2.05) is 18.2 Å². The Morgan fingerprint density at radius 3 is 2.73 bits per heavy atom. The molecular weight excluding hydrogens is 382 g/mol. The van der Waals surface area contributed by atoms with E-state index in [2.05, 4.69) is 16.4 Å². The summed E-state index contributed by atoms with van der Waals surface area (Å²) in [5.74, 6) is 0.315. The number of nitriles is 1. The monoisotopic (exact) mass is 403 g/mol. The lowest BCUT2D eigenvalue weighted by atomic mass is 9.92. The van der Waals surface area contributed by atoms with Crippen molar-refractivity contribution >= 4 is 16.9 Å². The van der Waals surface area contributed by atoms with Gasteiger partial charge in [-0.3, -0.25) is 4.79 Å². The molecule has 2 aliphatic rings. The summed E-state index contributed by atoms with van der Waals surface area (Å²) in [6, 6.07) is 11.1. The summed E-state index contributed by atoms with van der Waals surface area (Å²) in [6.45, 7) is 0. The Morgan fingerprint density at radius 1 is 1.27 bits per heavy atom. The van der Waals surface area contributed by atoms with Crippen LogP contribution in [-0.2, 0) is 0 Å². The molecule has 7 nitrogen and oxygen atoms in total. The first-order chi connectivity index (χ1) is 14.4. The molecule has 0 unspecified atom stereocenters. The first kappa shape index (κ1) is 18.6. The molecule has 30 heavy (non-hydrogen) atoms. The molecule has 2 bridgehead atoms. The largest absolute Gasteiger partial charge is 0.481 e. The maximum atomic E-state index is 13.0. The molecule has 2 aromatic heterocycles. The number of ether oxygens (including phenoxy) is 1. The Hall–Kier alpha value is -3.37. The number of nitrogens with one attached hydrogen (secondary N) is 1. The third-order valence-electron chi connectivity index (χ3n) is 6.42. The van der Waals surface area contributed by atoms with Gasteiger partial charge in [-0.05, 0) is 44.2 Å². The fraction of sp³-hybridized carbons (Fsp3) is 0.348. The Balaban J connectivity index is 1.52. The van der Waals surface area contributed by atoms with E-state index in [1.165, 1.54) is 13.3 Å². The lowest BCUT2D eigenvalue weighted by Gasteiger charge is -2.27. The van der Waals surface area contributed by atoms with Crippen LogP contribution >= 0.6 is 0 Å². The number of carbonyl (C=O) groups excluding carboxylic acids is 1. The van der Waals surface area contributed by atoms with Crippen LogP contribution in [0.1, 0.15) is 48.2 Å². The molecule has 2 saturated carbocycles. The average Bonchev–Trinajstić information content (AvgIpc) is 3.43. The van der Waals surface area contributed by atoms with Gasteiger partial charge >= 0.3 is 0 Å². The van der Waals surface area contributed by atoms with E-state index in [0.29, 0.717) is 34.6 Å². The van der Waals surface area contributed by atoms with Crippen molar-refractivity contribution in [3.63, 3.8) is 0 Å². The van der Waals surface area contributed by atoms with Crippen LogP contribution in [0, 0.1) is 11.3 Å². The highest BCUT2D eigenvalue weighted by atomic mass is 16.5. The minimum Gasteiger partial charge on any atom is -0.481 e. The first-order valence-electron chi connectivity index (χ1n) is 9.96. The fourth-order valence-electron chi connectivity index (χ4n) is 4.91. The van der Waals surface area contributed by atoms with Gasteiger partial charge in [0.25, 0.3) is 5.91 Å². The zero-order chi connectivity index (χ0) is 20.9. The van der Waals surface area contributed by atoms with Gasteiger partial charge in [-0.25, -0.2) is 4.98 Å². The van der Waals surface area contributed by atoms with E-state index >= 15 is 0 Å². The highest BCUT2D eigenvalue weighted by Gasteiger charge is 2.54. The standard InChI is InChI=1S/C23H21N3O4/c1-29-21-17(9-14(11-24)12-25-21)16-4-2-3-15-10-18(30-19(15)16)20(27)26-22-5-7-23(28,13-22)8-6-22/h2-4,9-10,12,28H,5-8,13H2,1H3,(H,26,27). The van der Waals surface area contributed by atoms with Gasteiger partial charge in [-0.1, -0.05) is 18.2 Å². The second-order valence-electron chi connectivity index (χ2n) is 8.36. The molecule has 152 valence electrons. The number of nitrogens with zero attached hydrogens (tertiary/aromatic N) is 2. The molecule has 7 heteroatoms. The van der Waals surface area contributed by atoms with E-state index in [0.717, 1.165) is 31.1 Å². The number of furan rings is 1. The normalized spacial score (nSPS) is 24.7. The maximum Gasteiger partial charge on any atom is 0.287 e. The predicted octanol–water partition coefficient (Wildman–Crippen LogP) is 3.55. The molecule has 2 N–H and O–H groups in total. The lowest BCUT2D eigenvalue weighted by molar-refractivity contribution is 0.0521. The van der Waals surface area contributed by atoms with Gasteiger partial charge < -0.3 is 19.6 Å². The molecule has 3 aromatic rings. The molecular formula is C23H21N3O4. The summed E-state index contributed by atoms with van der Waals surface area (Å²) in [5, 5.41) is 23.6. The number of pyridine rings is 1. The van der Waals surface area contributed by atoms with Crippen LogP contribution in [0.4, 0.5) is 0 Å². The van der Waals surface area contributed by atoms with Crippen LogP contribution in [0.3, 0.4) is 0 Å². The minimum absolute atomic E-state index is 0.220. The number of hydrogen-bond acceptors (Lipinski definition) is 6. The molecule has 1 amide bonds. The number of rotatable bonds is 4. The molecule has 2 aliphatic carbocycles. The van der Waals surface area contributed by atoms with Crippen LogP contribution < -0.4 is 10.1 Å². The van der Waals surface area contributed by atoms with Gasteiger partial charge in [0.05, 0.1) is 18.3 Å². The van der Waals surface area contributed by atoms with Crippen molar-refractivity contribution in [2.75, 3.05) is 7.11 Å². The summed E-state index contributed by atoms with van der Waals surface area (Å²) in [7, 11) is 1.52. The smallest absolute Gasteiger partial charge is 0.287 e. The Morgan fingerprint density at radius 2 is 2.07 bits per heavy atom. The molecule has 0 saturated heterocycles. The second-order valence-corrected chi connectivity index (χ2v) is 8.36. The van der Waals surface area contributed by atoms with Crippen LogP contribution in [0.2, 0.25) is 0 Å². The summed E-state index contributed by atoms with van der Waals surface area (Å²) in [6.07, 6.45) is 5.06. The van der Waals surface area contributed by atoms with Gasteiger partial charge in [0, 0.05) is 28.2 Å². The highest BCUT2D eigenvalue weighted by molar-refractivity contribution is 6.00. The van der Waals surface area contributed by atoms with Crippen LogP contribution in [0.5, 0.6) is 5.88 Å². The van der Waals surface area contributed by atoms with Crippen LogP contribution in [-0.4, -0.2) is 34.2 Å².